The van der Waals surface area contributed by atoms with Crippen LogP contribution in [0.2, 0.25) is 0 Å². The van der Waals surface area contributed by atoms with Gasteiger partial charge in [-0.05, 0) is 35.1 Å². The normalized spacial score (nSPS) is 10.9. The van der Waals surface area contributed by atoms with Crippen LogP contribution in [-0.4, -0.2) is 0 Å². The number of hydrogen-bond donors (Lipinski definition) is 1. The van der Waals surface area contributed by atoms with Crippen LogP contribution < -0.4 is 5.73 Å². The molecular weight excluding hydrogens is 232 g/mol. The lowest BCUT2D eigenvalue weighted by atomic mass is 9.92. The van der Waals surface area contributed by atoms with Crippen LogP contribution in [0.15, 0.2) is 18.2 Å². The number of anilines is 1. The Labute approximate surface area is 105 Å². The number of hydrogen-bond acceptors (Lipinski definition) is 1. The molecule has 0 spiro atoms. The van der Waals surface area contributed by atoms with Crippen LogP contribution in [0.1, 0.15) is 30.9 Å². The van der Waals surface area contributed by atoms with E-state index in [9.17, 15) is 8.78 Å². The first-order valence-electron chi connectivity index (χ1n) is 5.63. The maximum Gasteiger partial charge on any atom is 0.175 e. The van der Waals surface area contributed by atoms with Crippen molar-refractivity contribution < 1.29 is 8.78 Å². The van der Waals surface area contributed by atoms with Crippen LogP contribution in [0.4, 0.5) is 14.5 Å². The smallest absolute Gasteiger partial charge is 0.175 e. The van der Waals surface area contributed by atoms with Gasteiger partial charge in [-0.1, -0.05) is 19.8 Å². The van der Waals surface area contributed by atoms with Crippen LogP contribution in [0.5, 0.6) is 0 Å². The number of fused-ring (bicyclic) bond motifs is 1. The number of nitrogen functional groups attached to an aromatic ring is 1. The molecule has 0 radical (unpaired) electrons. The van der Waals surface area contributed by atoms with Crippen molar-refractivity contribution in [1.82, 2.24) is 0 Å². The van der Waals surface area contributed by atoms with Crippen molar-refractivity contribution in [1.29, 1.82) is 0 Å². The quantitative estimate of drug-likeness (QED) is 0.600. The van der Waals surface area contributed by atoms with Gasteiger partial charge in [-0.15, -0.1) is 6.42 Å². The Morgan fingerprint density at radius 1 is 1.22 bits per heavy atom. The first-order valence-corrected chi connectivity index (χ1v) is 5.63. The van der Waals surface area contributed by atoms with Crippen molar-refractivity contribution in [2.45, 2.75) is 19.8 Å². The van der Waals surface area contributed by atoms with Gasteiger partial charge in [0.05, 0.1) is 5.56 Å². The zero-order chi connectivity index (χ0) is 13.4. The zero-order valence-corrected chi connectivity index (χ0v) is 10.2. The van der Waals surface area contributed by atoms with Crippen LogP contribution in [0, 0.1) is 24.0 Å². The van der Waals surface area contributed by atoms with Crippen molar-refractivity contribution in [2.24, 2.45) is 0 Å². The molecule has 0 bridgehead atoms. The van der Waals surface area contributed by atoms with Crippen molar-refractivity contribution in [3.63, 3.8) is 0 Å². The first-order chi connectivity index (χ1) is 8.45. The Balaban J connectivity index is 3.03. The SMILES string of the molecule is C#Cc1c(F)c(F)cc2cc(N)cc(C(C)C)c12. The number of terminal acetylenes is 1. The van der Waals surface area contributed by atoms with E-state index >= 15 is 0 Å². The summed E-state index contributed by atoms with van der Waals surface area (Å²) in [4.78, 5) is 0. The third-order valence-electron chi connectivity index (χ3n) is 2.95. The second-order valence-corrected chi connectivity index (χ2v) is 4.55. The van der Waals surface area contributed by atoms with E-state index in [1.54, 1.807) is 12.1 Å². The van der Waals surface area contributed by atoms with E-state index in [1.807, 2.05) is 13.8 Å². The molecule has 18 heavy (non-hydrogen) atoms. The molecule has 3 heteroatoms. The average molecular weight is 245 g/mol. The van der Waals surface area contributed by atoms with Crippen molar-refractivity contribution in [3.8, 4) is 12.3 Å². The lowest BCUT2D eigenvalue weighted by Gasteiger charge is -2.14. The molecule has 0 saturated carbocycles. The molecule has 2 aromatic carbocycles. The van der Waals surface area contributed by atoms with E-state index in [2.05, 4.69) is 5.92 Å². The summed E-state index contributed by atoms with van der Waals surface area (Å²) in [5.74, 6) is 0.433. The monoisotopic (exact) mass is 245 g/mol. The summed E-state index contributed by atoms with van der Waals surface area (Å²) >= 11 is 0. The number of halogens is 2. The van der Waals surface area contributed by atoms with Gasteiger partial charge in [0, 0.05) is 11.1 Å². The highest BCUT2D eigenvalue weighted by Gasteiger charge is 2.16. The van der Waals surface area contributed by atoms with Crippen LogP contribution in [-0.2, 0) is 0 Å². The third kappa shape index (κ3) is 1.80. The second kappa shape index (κ2) is 4.30. The highest BCUT2D eigenvalue weighted by atomic mass is 19.2. The first kappa shape index (κ1) is 12.4. The van der Waals surface area contributed by atoms with Crippen molar-refractivity contribution >= 4 is 16.5 Å². The molecule has 0 amide bonds. The van der Waals surface area contributed by atoms with Gasteiger partial charge in [0.15, 0.2) is 11.6 Å². The third-order valence-corrected chi connectivity index (χ3v) is 2.95. The standard InChI is InChI=1S/C15H13F2N/c1-4-11-14-9(6-13(16)15(11)17)5-10(18)7-12(14)8(2)3/h1,5-8H,18H2,2-3H3. The predicted octanol–water partition coefficient (Wildman–Crippen LogP) is 3.80. The molecule has 0 aliphatic carbocycles. The molecule has 0 saturated heterocycles. The number of benzene rings is 2. The fourth-order valence-corrected chi connectivity index (χ4v) is 2.13. The van der Waals surface area contributed by atoms with Crippen molar-refractivity contribution in [2.75, 3.05) is 5.73 Å². The van der Waals surface area contributed by atoms with E-state index in [-0.39, 0.29) is 11.5 Å². The molecule has 92 valence electrons. The molecule has 0 heterocycles. The van der Waals surface area contributed by atoms with Gasteiger partial charge in [-0.25, -0.2) is 8.78 Å². The minimum atomic E-state index is -0.975. The molecule has 0 fully saturated rings. The van der Waals surface area contributed by atoms with Crippen LogP contribution in [0.3, 0.4) is 0 Å². The van der Waals surface area contributed by atoms with E-state index in [1.165, 1.54) is 0 Å². The fraction of sp³-hybridized carbons (Fsp3) is 0.200. The Kier molecular flexibility index (Phi) is 2.96. The van der Waals surface area contributed by atoms with Crippen LogP contribution >= 0.6 is 0 Å². The molecule has 0 aliphatic heterocycles. The van der Waals surface area contributed by atoms with Gasteiger partial charge < -0.3 is 5.73 Å². The molecule has 2 aromatic rings. The summed E-state index contributed by atoms with van der Waals surface area (Å²) in [5, 5.41) is 1.10. The van der Waals surface area contributed by atoms with E-state index in [0.29, 0.717) is 16.5 Å². The maximum absolute atomic E-state index is 13.7. The van der Waals surface area contributed by atoms with E-state index in [4.69, 9.17) is 12.2 Å². The molecule has 0 aliphatic rings. The Morgan fingerprint density at radius 3 is 2.44 bits per heavy atom. The minimum Gasteiger partial charge on any atom is -0.399 e. The summed E-state index contributed by atoms with van der Waals surface area (Å²) in [6.45, 7) is 3.91. The van der Waals surface area contributed by atoms with Crippen molar-refractivity contribution in [3.05, 3.63) is 41.0 Å². The molecule has 2 N–H and O–H groups in total. The average Bonchev–Trinajstić information content (AvgIpc) is 2.30. The summed E-state index contributed by atoms with van der Waals surface area (Å²) in [7, 11) is 0. The Bertz CT molecular complexity index is 666. The lowest BCUT2D eigenvalue weighted by molar-refractivity contribution is 0.509. The zero-order valence-electron chi connectivity index (χ0n) is 10.2. The van der Waals surface area contributed by atoms with Gasteiger partial charge >= 0.3 is 0 Å². The topological polar surface area (TPSA) is 26.0 Å². The van der Waals surface area contributed by atoms with Gasteiger partial charge in [-0.3, -0.25) is 0 Å². The number of rotatable bonds is 1. The molecule has 0 aromatic heterocycles. The molecule has 0 unspecified atom stereocenters. The molecule has 2 rings (SSSR count). The Morgan fingerprint density at radius 2 is 1.89 bits per heavy atom. The van der Waals surface area contributed by atoms with E-state index < -0.39 is 11.6 Å². The molecular formula is C15H13F2N. The lowest BCUT2D eigenvalue weighted by Crippen LogP contribution is -1.99. The predicted molar refractivity (Wildman–Crippen MR) is 70.3 cm³/mol. The second-order valence-electron chi connectivity index (χ2n) is 4.55. The Hall–Kier alpha value is -2.08. The van der Waals surface area contributed by atoms with Gasteiger partial charge in [-0.2, -0.15) is 0 Å². The summed E-state index contributed by atoms with van der Waals surface area (Å²) < 4.78 is 27.2. The van der Waals surface area contributed by atoms with Gasteiger partial charge in [0.25, 0.3) is 0 Å². The molecule has 1 nitrogen and oxygen atoms in total. The molecule has 0 atom stereocenters. The van der Waals surface area contributed by atoms with Crippen LogP contribution in [0.25, 0.3) is 10.8 Å². The summed E-state index contributed by atoms with van der Waals surface area (Å²) in [6.07, 6.45) is 5.30. The largest absolute Gasteiger partial charge is 0.399 e. The highest BCUT2D eigenvalue weighted by molar-refractivity contribution is 5.94. The van der Waals surface area contributed by atoms with Gasteiger partial charge in [0.2, 0.25) is 0 Å². The summed E-state index contributed by atoms with van der Waals surface area (Å²) in [5.41, 5.74) is 7.09. The van der Waals surface area contributed by atoms with E-state index in [0.717, 1.165) is 11.6 Å². The minimum absolute atomic E-state index is 0.0336. The highest BCUT2D eigenvalue weighted by Crippen LogP contribution is 2.33. The number of nitrogens with two attached hydrogens (primary N) is 1. The van der Waals surface area contributed by atoms with Gasteiger partial charge in [0.1, 0.15) is 0 Å². The fourth-order valence-electron chi connectivity index (χ4n) is 2.13. The maximum atomic E-state index is 13.7. The summed E-state index contributed by atoms with van der Waals surface area (Å²) in [6, 6.07) is 4.49.